The molecule has 1 aromatic heterocycles. The zero-order valence-corrected chi connectivity index (χ0v) is 27.4. The van der Waals surface area contributed by atoms with Crippen molar-refractivity contribution in [1.82, 2.24) is 30.4 Å². The molecule has 0 radical (unpaired) electrons. The number of aromatic nitrogens is 1. The number of carbonyl (C=O) groups excluding carboxylic acids is 6. The van der Waals surface area contributed by atoms with Crippen LogP contribution in [0.5, 0.6) is 0 Å². The second kappa shape index (κ2) is 14.9. The van der Waals surface area contributed by atoms with E-state index in [1.54, 1.807) is 41.6 Å². The van der Waals surface area contributed by atoms with E-state index in [2.05, 4.69) is 20.9 Å². The van der Waals surface area contributed by atoms with Crippen LogP contribution in [0.4, 0.5) is 10.5 Å². The highest BCUT2D eigenvalue weighted by Crippen LogP contribution is 2.25. The highest BCUT2D eigenvalue weighted by molar-refractivity contribution is 6.14. The second-order valence-corrected chi connectivity index (χ2v) is 12.3. The normalized spacial score (nSPS) is 16.7. The number of fused-ring (bicyclic) bond motifs is 1. The highest BCUT2D eigenvalue weighted by atomic mass is 16.2. The molecule has 50 heavy (non-hydrogen) atoms. The lowest BCUT2D eigenvalue weighted by Gasteiger charge is -2.28. The van der Waals surface area contributed by atoms with Crippen LogP contribution in [-0.4, -0.2) is 80.7 Å². The van der Waals surface area contributed by atoms with E-state index in [9.17, 15) is 28.8 Å². The number of carbonyl (C=O) groups is 6. The van der Waals surface area contributed by atoms with E-state index < -0.39 is 17.7 Å². The lowest BCUT2D eigenvalue weighted by molar-refractivity contribution is -0.141. The Labute approximate surface area is 288 Å². The third-order valence-electron chi connectivity index (χ3n) is 8.62. The van der Waals surface area contributed by atoms with Gasteiger partial charge in [-0.1, -0.05) is 31.2 Å². The van der Waals surface area contributed by atoms with Crippen LogP contribution in [-0.2, 0) is 38.8 Å². The van der Waals surface area contributed by atoms with Gasteiger partial charge in [0.1, 0.15) is 6.54 Å². The van der Waals surface area contributed by atoms with Crippen molar-refractivity contribution in [3.05, 3.63) is 107 Å². The van der Waals surface area contributed by atoms with Gasteiger partial charge in [-0.05, 0) is 59.0 Å². The van der Waals surface area contributed by atoms with Crippen LogP contribution in [0.3, 0.4) is 0 Å². The van der Waals surface area contributed by atoms with Crippen molar-refractivity contribution in [2.24, 2.45) is 11.0 Å². The maximum atomic E-state index is 12.9. The number of amides is 7. The number of hydrogen-bond donors (Lipinski definition) is 3. The van der Waals surface area contributed by atoms with Gasteiger partial charge >= 0.3 is 6.03 Å². The summed E-state index contributed by atoms with van der Waals surface area (Å²) in [7, 11) is 0. The van der Waals surface area contributed by atoms with Crippen molar-refractivity contribution in [3.63, 3.8) is 0 Å². The molecule has 14 heteroatoms. The number of hydrogen-bond acceptors (Lipinski definition) is 8. The summed E-state index contributed by atoms with van der Waals surface area (Å²) in [5, 5.41) is 14.5. The number of imide groups is 1. The Hall–Kier alpha value is -6.18. The first-order chi connectivity index (χ1) is 24.1. The summed E-state index contributed by atoms with van der Waals surface area (Å²) in [6, 6.07) is 16.1. The average Bonchev–Trinajstić information content (AvgIpc) is 3.69. The van der Waals surface area contributed by atoms with Crippen molar-refractivity contribution >= 4 is 47.0 Å². The summed E-state index contributed by atoms with van der Waals surface area (Å²) in [5.41, 5.74) is 5.67. The minimum atomic E-state index is -0.521. The molecule has 2 aromatic carbocycles. The van der Waals surface area contributed by atoms with Gasteiger partial charge in [0.2, 0.25) is 11.8 Å². The number of nitrogens with one attached hydrogen (secondary N) is 3. The fraction of sp³-hybridized carbons (Fsp3) is 0.278. The number of urea groups is 1. The van der Waals surface area contributed by atoms with Crippen LogP contribution in [0.1, 0.15) is 52.4 Å². The average molecular weight is 677 g/mol. The van der Waals surface area contributed by atoms with Gasteiger partial charge < -0.3 is 20.9 Å². The van der Waals surface area contributed by atoms with Gasteiger partial charge in [-0.3, -0.25) is 33.9 Å². The lowest BCUT2D eigenvalue weighted by atomic mass is 9.93. The molecule has 0 saturated carbocycles. The Balaban J connectivity index is 0.969. The van der Waals surface area contributed by atoms with E-state index >= 15 is 0 Å². The monoisotopic (exact) mass is 676 g/mol. The van der Waals surface area contributed by atoms with Crippen molar-refractivity contribution in [1.29, 1.82) is 0 Å². The van der Waals surface area contributed by atoms with Crippen molar-refractivity contribution in [2.75, 3.05) is 25.0 Å². The highest BCUT2D eigenvalue weighted by Gasteiger charge is 2.28. The van der Waals surface area contributed by atoms with Gasteiger partial charge in [0, 0.05) is 74.3 Å². The minimum Gasteiger partial charge on any atom is -0.354 e. The van der Waals surface area contributed by atoms with Crippen LogP contribution in [0.2, 0.25) is 0 Å². The molecule has 3 aromatic rings. The van der Waals surface area contributed by atoms with E-state index in [1.165, 1.54) is 5.01 Å². The van der Waals surface area contributed by atoms with Gasteiger partial charge in [0.25, 0.3) is 17.7 Å². The molecule has 14 nitrogen and oxygen atoms in total. The quantitative estimate of drug-likeness (QED) is 0.207. The van der Waals surface area contributed by atoms with Crippen molar-refractivity contribution in [3.8, 4) is 0 Å². The molecule has 1 atom stereocenters. The Morgan fingerprint density at radius 3 is 2.28 bits per heavy atom. The summed E-state index contributed by atoms with van der Waals surface area (Å²) in [6.07, 6.45) is 6.51. The number of anilines is 1. The minimum absolute atomic E-state index is 0.0916. The molecular weight excluding hydrogens is 640 g/mol. The summed E-state index contributed by atoms with van der Waals surface area (Å²) >= 11 is 0. The molecule has 0 bridgehead atoms. The Bertz CT molecular complexity index is 1850. The Morgan fingerprint density at radius 2 is 1.56 bits per heavy atom. The van der Waals surface area contributed by atoms with Crippen molar-refractivity contribution in [2.45, 2.75) is 39.4 Å². The predicted molar refractivity (Wildman–Crippen MR) is 182 cm³/mol. The molecule has 256 valence electrons. The summed E-state index contributed by atoms with van der Waals surface area (Å²) in [5.74, 6) is -1.98. The molecule has 0 fully saturated rings. The Morgan fingerprint density at radius 1 is 0.860 bits per heavy atom. The molecule has 3 aliphatic rings. The van der Waals surface area contributed by atoms with E-state index in [0.717, 1.165) is 45.0 Å². The van der Waals surface area contributed by atoms with Gasteiger partial charge in [0.05, 0.1) is 12.3 Å². The van der Waals surface area contributed by atoms with Crippen LogP contribution in [0.25, 0.3) is 0 Å². The van der Waals surface area contributed by atoms with Gasteiger partial charge in [0.15, 0.2) is 0 Å². The summed E-state index contributed by atoms with van der Waals surface area (Å²) in [6.45, 7) is 3.47. The van der Waals surface area contributed by atoms with Crippen LogP contribution >= 0.6 is 0 Å². The lowest BCUT2D eigenvalue weighted by Crippen LogP contribution is -2.41. The number of nitrogens with zero attached hydrogens (tertiary/aromatic N) is 5. The Kier molecular flexibility index (Phi) is 10.1. The molecular formula is C36H36N8O6. The van der Waals surface area contributed by atoms with Gasteiger partial charge in [-0.15, -0.1) is 0 Å². The third-order valence-corrected chi connectivity index (χ3v) is 8.62. The van der Waals surface area contributed by atoms with E-state index in [-0.39, 0.29) is 43.4 Å². The molecule has 4 heterocycles. The molecule has 3 aliphatic heterocycles. The molecule has 3 N–H and O–H groups in total. The first-order valence-electron chi connectivity index (χ1n) is 16.3. The predicted octanol–water partition coefficient (Wildman–Crippen LogP) is 2.56. The molecule has 1 unspecified atom stereocenters. The second-order valence-electron chi connectivity index (χ2n) is 12.3. The first-order valence-corrected chi connectivity index (χ1v) is 16.3. The third kappa shape index (κ3) is 7.92. The summed E-state index contributed by atoms with van der Waals surface area (Å²) in [4.78, 5) is 80.2. The fourth-order valence-electron chi connectivity index (χ4n) is 5.85. The zero-order valence-electron chi connectivity index (χ0n) is 27.4. The number of rotatable bonds is 11. The maximum Gasteiger partial charge on any atom is 0.322 e. The van der Waals surface area contributed by atoms with Crippen molar-refractivity contribution < 1.29 is 28.8 Å². The first kappa shape index (κ1) is 33.7. The molecule has 6 rings (SSSR count). The topological polar surface area (TPSA) is 173 Å². The van der Waals surface area contributed by atoms with E-state index in [4.69, 9.17) is 5.10 Å². The standard InChI is InChI=1S/C36H36N8O6/c1-23-17-33(48)44(41-34(23)25-7-9-29(10-8-25)40-36(50)42-20-27-13-16-37-18-28(27)21-42)19-24-3-5-26(6-4-24)35(49)39-15-2-14-38-30(45)22-43-31(46)11-12-32(43)47/h3-13,16,18,23H,2,14-15,17,19-22H2,1H3,(H,38,45)(H,39,49)(H,40,50). The molecule has 0 aliphatic carbocycles. The van der Waals surface area contributed by atoms with Crippen LogP contribution in [0.15, 0.2) is 84.2 Å². The zero-order chi connectivity index (χ0) is 35.2. The van der Waals surface area contributed by atoms with Gasteiger partial charge in [-0.25, -0.2) is 9.80 Å². The van der Waals surface area contributed by atoms with Crippen LogP contribution < -0.4 is 16.0 Å². The number of pyridine rings is 1. The number of hydrazone groups is 1. The van der Waals surface area contributed by atoms with E-state index in [1.807, 2.05) is 37.3 Å². The molecule has 7 amide bonds. The van der Waals surface area contributed by atoms with Gasteiger partial charge in [-0.2, -0.15) is 5.10 Å². The van der Waals surface area contributed by atoms with E-state index in [0.29, 0.717) is 43.7 Å². The molecule has 0 saturated heterocycles. The van der Waals surface area contributed by atoms with Crippen LogP contribution in [0, 0.1) is 5.92 Å². The SMILES string of the molecule is CC1CC(=O)N(Cc2ccc(C(=O)NCCCNC(=O)CN3C(=O)C=CC3=O)cc2)N=C1c1ccc(NC(=O)N2Cc3ccncc3C2)cc1. The smallest absolute Gasteiger partial charge is 0.322 e. The molecule has 0 spiro atoms. The maximum absolute atomic E-state index is 12.9. The fourth-order valence-corrected chi connectivity index (χ4v) is 5.85. The largest absolute Gasteiger partial charge is 0.354 e. The number of benzene rings is 2. The summed E-state index contributed by atoms with van der Waals surface area (Å²) < 4.78 is 0.